The van der Waals surface area contributed by atoms with Gasteiger partial charge in [-0.05, 0) is 6.42 Å². The van der Waals surface area contributed by atoms with Crippen LogP contribution >= 0.6 is 22.6 Å². The third kappa shape index (κ3) is 3.24. The first-order valence-corrected chi connectivity index (χ1v) is 6.71. The van der Waals surface area contributed by atoms with E-state index in [0.29, 0.717) is 6.54 Å². The van der Waals surface area contributed by atoms with E-state index in [1.54, 1.807) is 0 Å². The molecule has 0 aliphatic heterocycles. The van der Waals surface area contributed by atoms with Crippen LogP contribution in [0, 0.1) is 0 Å². The predicted octanol–water partition coefficient (Wildman–Crippen LogP) is 0.513. The molecule has 0 bridgehead atoms. The van der Waals surface area contributed by atoms with Crippen LogP contribution in [0.25, 0.3) is 0 Å². The number of alkyl halides is 1. The van der Waals surface area contributed by atoms with Gasteiger partial charge >= 0.3 is 0 Å². The molecule has 1 heterocycles. The summed E-state index contributed by atoms with van der Waals surface area (Å²) in [6, 6.07) is 0. The quantitative estimate of drug-likeness (QED) is 0.472. The number of imidazole rings is 1. The first-order valence-electron chi connectivity index (χ1n) is 3.71. The molecule has 1 aromatic rings. The normalized spacial score (nSPS) is 11.8. The molecular weight excluding hydrogens is 305 g/mol. The van der Waals surface area contributed by atoms with Crippen LogP contribution in [-0.4, -0.2) is 29.4 Å². The number of halogens is 1. The highest BCUT2D eigenvalue weighted by molar-refractivity contribution is 14.1. The average molecular weight is 315 g/mol. The Morgan fingerprint density at radius 3 is 2.92 bits per heavy atom. The van der Waals surface area contributed by atoms with Crippen LogP contribution in [0.3, 0.4) is 0 Å². The van der Waals surface area contributed by atoms with Crippen LogP contribution in [-0.2, 0) is 10.0 Å². The van der Waals surface area contributed by atoms with Gasteiger partial charge in [0.15, 0.2) is 5.03 Å². The Morgan fingerprint density at radius 1 is 1.62 bits per heavy atom. The Hall–Kier alpha value is -0.150. The number of aromatic nitrogens is 2. The lowest BCUT2D eigenvalue weighted by Gasteiger charge is -2.01. The number of rotatable bonds is 5. The summed E-state index contributed by atoms with van der Waals surface area (Å²) in [6.45, 7) is 0.463. The van der Waals surface area contributed by atoms with Gasteiger partial charge in [-0.1, -0.05) is 22.6 Å². The summed E-state index contributed by atoms with van der Waals surface area (Å²) in [5, 5.41) is 0.112. The summed E-state index contributed by atoms with van der Waals surface area (Å²) >= 11 is 2.20. The number of nitrogens with one attached hydrogen (secondary N) is 2. The second-order valence-corrected chi connectivity index (χ2v) is 5.17. The Morgan fingerprint density at radius 2 is 2.38 bits per heavy atom. The largest absolute Gasteiger partial charge is 0.335 e. The molecular formula is C6H10IN3O2S. The lowest BCUT2D eigenvalue weighted by molar-refractivity contribution is 0.578. The van der Waals surface area contributed by atoms with Crippen molar-refractivity contribution in [3.05, 3.63) is 12.5 Å². The van der Waals surface area contributed by atoms with E-state index in [1.807, 2.05) is 0 Å². The topological polar surface area (TPSA) is 74.8 Å². The number of H-pyrrole nitrogens is 1. The fourth-order valence-corrected chi connectivity index (χ4v) is 2.10. The van der Waals surface area contributed by atoms with Gasteiger partial charge in [0.2, 0.25) is 0 Å². The maximum Gasteiger partial charge on any atom is 0.257 e. The summed E-state index contributed by atoms with van der Waals surface area (Å²) in [5.41, 5.74) is 0. The Bertz CT molecular complexity index is 335. The van der Waals surface area contributed by atoms with Gasteiger partial charge < -0.3 is 4.98 Å². The molecule has 1 aromatic heterocycles. The van der Waals surface area contributed by atoms with Gasteiger partial charge in [-0.25, -0.2) is 18.1 Å². The highest BCUT2D eigenvalue weighted by Gasteiger charge is 2.13. The van der Waals surface area contributed by atoms with Crippen molar-refractivity contribution in [2.45, 2.75) is 11.4 Å². The number of hydrogen-bond donors (Lipinski definition) is 2. The number of aromatic amines is 1. The SMILES string of the molecule is O=S(=O)(NCCCI)c1cnc[nH]1. The van der Waals surface area contributed by atoms with Crippen LogP contribution in [0.15, 0.2) is 17.6 Å². The van der Waals surface area contributed by atoms with Crippen molar-refractivity contribution in [2.24, 2.45) is 0 Å². The predicted molar refractivity (Wildman–Crippen MR) is 57.3 cm³/mol. The standard InChI is InChI=1S/C6H10IN3O2S/c7-2-1-3-10-13(11,12)6-4-8-5-9-6/h4-5,10H,1-3H2,(H,8,9). The Kier molecular flexibility index (Phi) is 4.13. The Balaban J connectivity index is 2.58. The smallest absolute Gasteiger partial charge is 0.257 e. The molecule has 0 spiro atoms. The van der Waals surface area contributed by atoms with Crippen molar-refractivity contribution < 1.29 is 8.42 Å². The van der Waals surface area contributed by atoms with Gasteiger partial charge in [0, 0.05) is 11.0 Å². The molecule has 0 saturated heterocycles. The van der Waals surface area contributed by atoms with E-state index in [2.05, 4.69) is 37.3 Å². The minimum Gasteiger partial charge on any atom is -0.335 e. The fraction of sp³-hybridized carbons (Fsp3) is 0.500. The van der Waals surface area contributed by atoms with E-state index in [4.69, 9.17) is 0 Å². The summed E-state index contributed by atoms with van der Waals surface area (Å²) in [5.74, 6) is 0. The van der Waals surface area contributed by atoms with Crippen LogP contribution in [0.2, 0.25) is 0 Å². The molecule has 74 valence electrons. The highest BCUT2D eigenvalue weighted by Crippen LogP contribution is 2.01. The van der Waals surface area contributed by atoms with E-state index in [1.165, 1.54) is 12.5 Å². The highest BCUT2D eigenvalue weighted by atomic mass is 127. The van der Waals surface area contributed by atoms with E-state index in [9.17, 15) is 8.42 Å². The second kappa shape index (κ2) is 4.91. The van der Waals surface area contributed by atoms with Gasteiger partial charge in [-0.3, -0.25) is 0 Å². The molecule has 0 aliphatic carbocycles. The van der Waals surface area contributed by atoms with Crippen molar-refractivity contribution in [3.8, 4) is 0 Å². The number of sulfonamides is 1. The van der Waals surface area contributed by atoms with Gasteiger partial charge in [0.05, 0.1) is 12.5 Å². The van der Waals surface area contributed by atoms with Crippen molar-refractivity contribution in [1.82, 2.24) is 14.7 Å². The second-order valence-electron chi connectivity index (χ2n) is 2.36. The molecule has 13 heavy (non-hydrogen) atoms. The van der Waals surface area contributed by atoms with Crippen molar-refractivity contribution >= 4 is 32.6 Å². The van der Waals surface area contributed by atoms with Crippen molar-refractivity contribution in [3.63, 3.8) is 0 Å². The van der Waals surface area contributed by atoms with E-state index in [0.717, 1.165) is 10.8 Å². The molecule has 0 atom stereocenters. The molecule has 0 aromatic carbocycles. The lowest BCUT2D eigenvalue weighted by atomic mass is 10.5. The molecule has 5 nitrogen and oxygen atoms in total. The number of nitrogens with zero attached hydrogens (tertiary/aromatic N) is 1. The molecule has 0 aliphatic rings. The van der Waals surface area contributed by atoms with Crippen molar-refractivity contribution in [1.29, 1.82) is 0 Å². The van der Waals surface area contributed by atoms with Crippen LogP contribution in [0.5, 0.6) is 0 Å². The van der Waals surface area contributed by atoms with Crippen LogP contribution < -0.4 is 4.72 Å². The molecule has 0 unspecified atom stereocenters. The van der Waals surface area contributed by atoms with E-state index >= 15 is 0 Å². The van der Waals surface area contributed by atoms with Gasteiger partial charge in [-0.2, -0.15) is 0 Å². The monoisotopic (exact) mass is 315 g/mol. The summed E-state index contributed by atoms with van der Waals surface area (Å²) in [4.78, 5) is 6.18. The summed E-state index contributed by atoms with van der Waals surface area (Å²) in [6.07, 6.45) is 3.45. The summed E-state index contributed by atoms with van der Waals surface area (Å²) < 4.78 is 26.2. The Labute approximate surface area is 90.5 Å². The van der Waals surface area contributed by atoms with Crippen LogP contribution in [0.4, 0.5) is 0 Å². The van der Waals surface area contributed by atoms with Gasteiger partial charge in [0.1, 0.15) is 0 Å². The molecule has 0 radical (unpaired) electrons. The molecule has 0 fully saturated rings. The molecule has 2 N–H and O–H groups in total. The van der Waals surface area contributed by atoms with E-state index < -0.39 is 10.0 Å². The first-order chi connectivity index (χ1) is 6.17. The zero-order valence-electron chi connectivity index (χ0n) is 6.83. The maximum absolute atomic E-state index is 11.4. The average Bonchev–Trinajstić information content (AvgIpc) is 2.56. The molecule has 0 saturated carbocycles. The molecule has 7 heteroatoms. The van der Waals surface area contributed by atoms with Gasteiger partial charge in [0.25, 0.3) is 10.0 Å². The minimum atomic E-state index is -3.36. The zero-order chi connectivity index (χ0) is 9.73. The van der Waals surface area contributed by atoms with Crippen LogP contribution in [0.1, 0.15) is 6.42 Å². The van der Waals surface area contributed by atoms with Crippen molar-refractivity contribution in [2.75, 3.05) is 11.0 Å². The third-order valence-corrected chi connectivity index (χ3v) is 3.51. The lowest BCUT2D eigenvalue weighted by Crippen LogP contribution is -2.25. The molecule has 1 rings (SSSR count). The fourth-order valence-electron chi connectivity index (χ4n) is 0.741. The maximum atomic E-state index is 11.4. The first kappa shape index (κ1) is 10.9. The van der Waals surface area contributed by atoms with Gasteiger partial charge in [-0.15, -0.1) is 0 Å². The number of hydrogen-bond acceptors (Lipinski definition) is 3. The van der Waals surface area contributed by atoms with E-state index in [-0.39, 0.29) is 5.03 Å². The third-order valence-electron chi connectivity index (χ3n) is 1.37. The summed E-state index contributed by atoms with van der Waals surface area (Å²) in [7, 11) is -3.36. The molecule has 0 amide bonds. The zero-order valence-corrected chi connectivity index (χ0v) is 9.80. The minimum absolute atomic E-state index is 0.112.